The predicted octanol–water partition coefficient (Wildman–Crippen LogP) is 5.12. The lowest BCUT2D eigenvalue weighted by atomic mass is 10.1. The predicted molar refractivity (Wildman–Crippen MR) is 98.1 cm³/mol. The SMILES string of the molecule is CN(c1ccccc1)c1cncc(C(=O)Nc2cccc(C(F)(F)F)c2)c1. The zero-order chi connectivity index (χ0) is 19.4. The molecule has 27 heavy (non-hydrogen) atoms. The number of hydrogen-bond acceptors (Lipinski definition) is 3. The number of amides is 1. The number of nitrogens with one attached hydrogen (secondary N) is 1. The average molecular weight is 371 g/mol. The molecule has 1 amide bonds. The minimum Gasteiger partial charge on any atom is -0.343 e. The first-order valence-corrected chi connectivity index (χ1v) is 8.07. The van der Waals surface area contributed by atoms with Crippen molar-refractivity contribution < 1.29 is 18.0 Å². The summed E-state index contributed by atoms with van der Waals surface area (Å²) in [6.07, 6.45) is -1.50. The van der Waals surface area contributed by atoms with E-state index in [4.69, 9.17) is 0 Å². The van der Waals surface area contributed by atoms with Crippen LogP contribution in [0.4, 0.5) is 30.2 Å². The van der Waals surface area contributed by atoms with Crippen molar-refractivity contribution in [2.24, 2.45) is 0 Å². The maximum Gasteiger partial charge on any atom is 0.416 e. The highest BCUT2D eigenvalue weighted by Crippen LogP contribution is 2.31. The van der Waals surface area contributed by atoms with Crippen molar-refractivity contribution in [2.75, 3.05) is 17.3 Å². The molecule has 0 bridgehead atoms. The largest absolute Gasteiger partial charge is 0.416 e. The minimum absolute atomic E-state index is 0.0663. The maximum atomic E-state index is 12.8. The first kappa shape index (κ1) is 18.4. The van der Waals surface area contributed by atoms with Gasteiger partial charge in [0.05, 0.1) is 23.0 Å². The summed E-state index contributed by atoms with van der Waals surface area (Å²) in [5, 5.41) is 2.48. The number of carbonyl (C=O) groups excluding carboxylic acids is 1. The zero-order valence-corrected chi connectivity index (χ0v) is 14.4. The Morgan fingerprint density at radius 1 is 0.963 bits per heavy atom. The third-order valence-corrected chi connectivity index (χ3v) is 3.96. The molecule has 2 aromatic carbocycles. The van der Waals surface area contributed by atoms with Gasteiger partial charge in [-0.05, 0) is 36.4 Å². The van der Waals surface area contributed by atoms with Crippen molar-refractivity contribution in [3.05, 3.63) is 84.2 Å². The Morgan fingerprint density at radius 3 is 2.41 bits per heavy atom. The van der Waals surface area contributed by atoms with Gasteiger partial charge in [-0.1, -0.05) is 24.3 Å². The first-order valence-electron chi connectivity index (χ1n) is 8.07. The Morgan fingerprint density at radius 2 is 1.70 bits per heavy atom. The van der Waals surface area contributed by atoms with E-state index in [0.29, 0.717) is 5.69 Å². The van der Waals surface area contributed by atoms with Crippen LogP contribution in [0.5, 0.6) is 0 Å². The molecule has 0 atom stereocenters. The number of carbonyl (C=O) groups is 1. The first-order chi connectivity index (χ1) is 12.8. The fourth-order valence-corrected chi connectivity index (χ4v) is 2.51. The maximum absolute atomic E-state index is 12.8. The van der Waals surface area contributed by atoms with Crippen molar-refractivity contribution in [3.8, 4) is 0 Å². The molecule has 7 heteroatoms. The van der Waals surface area contributed by atoms with Gasteiger partial charge in [-0.15, -0.1) is 0 Å². The van der Waals surface area contributed by atoms with Gasteiger partial charge in [-0.25, -0.2) is 0 Å². The molecule has 0 saturated heterocycles. The Hall–Kier alpha value is -3.35. The summed E-state index contributed by atoms with van der Waals surface area (Å²) in [7, 11) is 1.83. The smallest absolute Gasteiger partial charge is 0.343 e. The van der Waals surface area contributed by atoms with Crippen molar-refractivity contribution in [1.82, 2.24) is 4.98 Å². The molecule has 3 rings (SSSR count). The number of halogens is 3. The van der Waals surface area contributed by atoms with Crippen LogP contribution in [0.2, 0.25) is 0 Å². The summed E-state index contributed by atoms with van der Waals surface area (Å²) in [6.45, 7) is 0. The molecule has 0 fully saturated rings. The summed E-state index contributed by atoms with van der Waals surface area (Å²) in [6, 6.07) is 15.6. The zero-order valence-electron chi connectivity index (χ0n) is 14.4. The van der Waals surface area contributed by atoms with Crippen LogP contribution in [-0.2, 0) is 6.18 Å². The molecule has 0 unspecified atom stereocenters. The summed E-state index contributed by atoms with van der Waals surface area (Å²) in [4.78, 5) is 18.4. The van der Waals surface area contributed by atoms with Gasteiger partial charge in [0.2, 0.25) is 0 Å². The van der Waals surface area contributed by atoms with Crippen LogP contribution in [0.25, 0.3) is 0 Å². The summed E-state index contributed by atoms with van der Waals surface area (Å²) in [5.41, 5.74) is 1.08. The van der Waals surface area contributed by atoms with Crippen LogP contribution in [0.1, 0.15) is 15.9 Å². The molecule has 1 N–H and O–H groups in total. The summed E-state index contributed by atoms with van der Waals surface area (Å²) in [5.74, 6) is -0.537. The quantitative estimate of drug-likeness (QED) is 0.692. The lowest BCUT2D eigenvalue weighted by molar-refractivity contribution is -0.137. The molecule has 1 heterocycles. The average Bonchev–Trinajstić information content (AvgIpc) is 2.68. The third-order valence-electron chi connectivity index (χ3n) is 3.96. The highest BCUT2D eigenvalue weighted by molar-refractivity contribution is 6.04. The number of rotatable bonds is 4. The monoisotopic (exact) mass is 371 g/mol. The van der Waals surface area contributed by atoms with Crippen molar-refractivity contribution >= 4 is 23.0 Å². The van der Waals surface area contributed by atoms with E-state index in [-0.39, 0.29) is 11.3 Å². The molecular formula is C20H16F3N3O. The molecule has 0 radical (unpaired) electrons. The van der Waals surface area contributed by atoms with Crippen LogP contribution in [0, 0.1) is 0 Å². The van der Waals surface area contributed by atoms with Gasteiger partial charge in [0.25, 0.3) is 5.91 Å². The van der Waals surface area contributed by atoms with Gasteiger partial charge < -0.3 is 10.2 Å². The second kappa shape index (κ2) is 7.49. The Labute approximate surface area is 154 Å². The van der Waals surface area contributed by atoms with Gasteiger partial charge in [0.1, 0.15) is 0 Å². The van der Waals surface area contributed by atoms with E-state index in [0.717, 1.165) is 17.8 Å². The molecule has 3 aromatic rings. The number of alkyl halides is 3. The van der Waals surface area contributed by atoms with Gasteiger partial charge in [0.15, 0.2) is 0 Å². The lowest BCUT2D eigenvalue weighted by Crippen LogP contribution is -2.15. The van der Waals surface area contributed by atoms with Crippen molar-refractivity contribution in [2.45, 2.75) is 6.18 Å². The van der Waals surface area contributed by atoms with Crippen molar-refractivity contribution in [3.63, 3.8) is 0 Å². The fourth-order valence-electron chi connectivity index (χ4n) is 2.51. The summed E-state index contributed by atoms with van der Waals surface area (Å²) < 4.78 is 38.4. The molecule has 4 nitrogen and oxygen atoms in total. The van der Waals surface area contributed by atoms with E-state index in [9.17, 15) is 18.0 Å². The molecular weight excluding hydrogens is 355 g/mol. The highest BCUT2D eigenvalue weighted by Gasteiger charge is 2.30. The molecule has 0 spiro atoms. The minimum atomic E-state index is -4.47. The molecule has 138 valence electrons. The Kier molecular flexibility index (Phi) is 5.12. The number of hydrogen-bond donors (Lipinski definition) is 1. The van der Waals surface area contributed by atoms with E-state index in [1.54, 1.807) is 12.3 Å². The van der Waals surface area contributed by atoms with E-state index in [1.807, 2.05) is 42.3 Å². The summed E-state index contributed by atoms with van der Waals surface area (Å²) >= 11 is 0. The number of anilines is 3. The van der Waals surface area contributed by atoms with Crippen LogP contribution in [-0.4, -0.2) is 17.9 Å². The Balaban J connectivity index is 1.80. The molecule has 0 saturated carbocycles. The molecule has 0 aliphatic rings. The van der Waals surface area contributed by atoms with Crippen LogP contribution < -0.4 is 10.2 Å². The normalized spacial score (nSPS) is 11.1. The standard InChI is InChI=1S/C20H16F3N3O/c1-26(17-8-3-2-4-9-17)18-10-14(12-24-13-18)19(27)25-16-7-5-6-15(11-16)20(21,22)23/h2-13H,1H3,(H,25,27). The van der Waals surface area contributed by atoms with Gasteiger partial charge >= 0.3 is 6.18 Å². The number of pyridine rings is 1. The highest BCUT2D eigenvalue weighted by atomic mass is 19.4. The third kappa shape index (κ3) is 4.44. The van der Waals surface area contributed by atoms with E-state index >= 15 is 0 Å². The molecule has 0 aliphatic carbocycles. The second-order valence-corrected chi connectivity index (χ2v) is 5.86. The lowest BCUT2D eigenvalue weighted by Gasteiger charge is -2.19. The van der Waals surface area contributed by atoms with E-state index < -0.39 is 17.6 Å². The fraction of sp³-hybridized carbons (Fsp3) is 0.100. The second-order valence-electron chi connectivity index (χ2n) is 5.86. The van der Waals surface area contributed by atoms with Crippen LogP contribution in [0.15, 0.2) is 73.1 Å². The topological polar surface area (TPSA) is 45.2 Å². The number of benzene rings is 2. The Bertz CT molecular complexity index is 942. The molecule has 1 aromatic heterocycles. The van der Waals surface area contributed by atoms with Crippen LogP contribution >= 0.6 is 0 Å². The van der Waals surface area contributed by atoms with Gasteiger partial charge in [-0.3, -0.25) is 9.78 Å². The number of para-hydroxylation sites is 1. The van der Waals surface area contributed by atoms with Gasteiger partial charge in [0, 0.05) is 24.6 Å². The van der Waals surface area contributed by atoms with E-state index in [1.165, 1.54) is 18.3 Å². The number of nitrogens with zero attached hydrogens (tertiary/aromatic N) is 2. The molecule has 0 aliphatic heterocycles. The van der Waals surface area contributed by atoms with Gasteiger partial charge in [-0.2, -0.15) is 13.2 Å². The van der Waals surface area contributed by atoms with Crippen molar-refractivity contribution in [1.29, 1.82) is 0 Å². The van der Waals surface area contributed by atoms with Crippen LogP contribution in [0.3, 0.4) is 0 Å². The number of aromatic nitrogens is 1. The van der Waals surface area contributed by atoms with E-state index in [2.05, 4.69) is 10.3 Å².